The van der Waals surface area contributed by atoms with Crippen molar-refractivity contribution >= 4 is 33.2 Å². The van der Waals surface area contributed by atoms with Crippen molar-refractivity contribution in [3.8, 4) is 11.5 Å². The van der Waals surface area contributed by atoms with Gasteiger partial charge in [-0.25, -0.2) is 0 Å². The minimum atomic E-state index is -0.464. The van der Waals surface area contributed by atoms with Gasteiger partial charge in [0.05, 0.1) is 32.1 Å². The van der Waals surface area contributed by atoms with Crippen molar-refractivity contribution in [2.75, 3.05) is 14.2 Å². The lowest BCUT2D eigenvalue weighted by Crippen LogP contribution is -2.20. The third-order valence-corrected chi connectivity index (χ3v) is 5.30. The van der Waals surface area contributed by atoms with Gasteiger partial charge in [-0.2, -0.15) is 0 Å². The molecule has 0 radical (unpaired) electrons. The van der Waals surface area contributed by atoms with Crippen LogP contribution in [0.1, 0.15) is 28.1 Å². The number of ether oxygens (including phenoxy) is 2. The summed E-state index contributed by atoms with van der Waals surface area (Å²) in [6.07, 6.45) is 0.106. The van der Waals surface area contributed by atoms with E-state index in [1.54, 1.807) is 14.2 Å². The minimum Gasteiger partial charge on any atom is -0.493 e. The number of hydrogen-bond acceptors (Lipinski definition) is 7. The van der Waals surface area contributed by atoms with Crippen molar-refractivity contribution in [3.05, 3.63) is 59.0 Å². The Kier molecular flexibility index (Phi) is 6.62. The molecule has 6 nitrogen and oxygen atoms in total. The van der Waals surface area contributed by atoms with Gasteiger partial charge in [-0.15, -0.1) is 16.8 Å². The average molecular weight is 399 g/mol. The largest absolute Gasteiger partial charge is 0.493 e. The Balaban J connectivity index is 1.53. The summed E-state index contributed by atoms with van der Waals surface area (Å²) in [4.78, 5) is 29.9. The van der Waals surface area contributed by atoms with Crippen LogP contribution >= 0.6 is 11.3 Å². The second-order valence-electron chi connectivity index (χ2n) is 6.06. The number of Topliss-reactive ketones (excluding diaryl/α,β-unsaturated/α-hetero) is 1. The summed E-state index contributed by atoms with van der Waals surface area (Å²) >= 11 is 1.37. The van der Waals surface area contributed by atoms with Gasteiger partial charge in [-0.3, -0.25) is 9.59 Å². The lowest BCUT2D eigenvalue weighted by molar-refractivity contribution is -0.151. The Bertz CT molecular complexity index is 927. The second kappa shape index (κ2) is 9.34. The van der Waals surface area contributed by atoms with E-state index in [1.807, 2.05) is 48.5 Å². The topological polar surface area (TPSA) is 73.9 Å². The molecule has 1 heterocycles. The molecule has 0 aliphatic rings. The number of methoxy groups -OCH3 is 2. The van der Waals surface area contributed by atoms with Crippen LogP contribution in [-0.2, 0) is 16.2 Å². The van der Waals surface area contributed by atoms with Crippen LogP contribution in [0.4, 0.5) is 0 Å². The molecule has 0 unspecified atom stereocenters. The Labute approximate surface area is 167 Å². The van der Waals surface area contributed by atoms with Crippen LogP contribution in [0.15, 0.2) is 48.5 Å². The van der Waals surface area contributed by atoms with Crippen LogP contribution in [0.5, 0.6) is 11.5 Å². The highest BCUT2D eigenvalue weighted by atomic mass is 32.1. The smallest absolute Gasteiger partial charge is 0.325 e. The Morgan fingerprint density at radius 3 is 2.39 bits per heavy atom. The van der Waals surface area contributed by atoms with Crippen molar-refractivity contribution in [1.82, 2.24) is 5.48 Å². The second-order valence-corrected chi connectivity index (χ2v) is 7.14. The van der Waals surface area contributed by atoms with Crippen LogP contribution in [-0.4, -0.2) is 26.0 Å². The van der Waals surface area contributed by atoms with Gasteiger partial charge in [-0.05, 0) is 23.1 Å². The first-order valence-electron chi connectivity index (χ1n) is 8.76. The maximum absolute atomic E-state index is 12.4. The number of nitrogens with one attached hydrogen (secondary N) is 1. The molecule has 146 valence electrons. The predicted molar refractivity (Wildman–Crippen MR) is 108 cm³/mol. The Morgan fingerprint density at radius 2 is 1.68 bits per heavy atom. The zero-order valence-electron chi connectivity index (χ0n) is 15.7. The Hall–Kier alpha value is -2.90. The molecule has 0 fully saturated rings. The van der Waals surface area contributed by atoms with Gasteiger partial charge in [0.15, 0.2) is 17.3 Å². The number of benzene rings is 2. The van der Waals surface area contributed by atoms with E-state index in [2.05, 4.69) is 5.48 Å². The van der Waals surface area contributed by atoms with E-state index in [0.717, 1.165) is 15.6 Å². The molecule has 7 heteroatoms. The summed E-state index contributed by atoms with van der Waals surface area (Å²) in [6, 6.07) is 15.1. The van der Waals surface area contributed by atoms with Gasteiger partial charge < -0.3 is 14.3 Å². The van der Waals surface area contributed by atoms with Crippen molar-refractivity contribution in [1.29, 1.82) is 0 Å². The molecular weight excluding hydrogens is 378 g/mol. The van der Waals surface area contributed by atoms with E-state index < -0.39 is 5.97 Å². The first-order chi connectivity index (χ1) is 13.6. The molecule has 0 atom stereocenters. The molecule has 28 heavy (non-hydrogen) atoms. The van der Waals surface area contributed by atoms with Gasteiger partial charge in [0.25, 0.3) is 0 Å². The number of ketones is 1. The van der Waals surface area contributed by atoms with Crippen molar-refractivity contribution in [2.24, 2.45) is 0 Å². The maximum atomic E-state index is 12.4. The molecule has 0 saturated heterocycles. The SMILES string of the molecule is COc1cc2cc(C(=O)CCC(=O)ONCc3ccccc3)sc2cc1OC. The molecule has 2 aromatic carbocycles. The van der Waals surface area contributed by atoms with Crippen LogP contribution < -0.4 is 15.0 Å². The number of fused-ring (bicyclic) bond motifs is 1. The summed E-state index contributed by atoms with van der Waals surface area (Å²) in [5.41, 5.74) is 3.63. The number of hydroxylamine groups is 1. The predicted octanol–water partition coefficient (Wildman–Crippen LogP) is 4.13. The van der Waals surface area contributed by atoms with Crippen molar-refractivity contribution in [2.45, 2.75) is 19.4 Å². The first kappa shape index (κ1) is 19.9. The molecule has 0 aliphatic heterocycles. The van der Waals surface area contributed by atoms with Crippen molar-refractivity contribution < 1.29 is 23.9 Å². The third kappa shape index (κ3) is 4.88. The number of rotatable bonds is 9. The standard InChI is InChI=1S/C21H21NO5S/c1-25-17-10-15-11-20(28-19(15)12-18(17)26-2)16(23)8-9-21(24)27-22-13-14-6-4-3-5-7-14/h3-7,10-12,22H,8-9,13H2,1-2H3. The molecule has 1 aromatic heterocycles. The van der Waals surface area contributed by atoms with E-state index in [4.69, 9.17) is 14.3 Å². The van der Waals surface area contributed by atoms with Crippen molar-refractivity contribution in [3.63, 3.8) is 0 Å². The third-order valence-electron chi connectivity index (χ3n) is 4.16. The summed E-state index contributed by atoms with van der Waals surface area (Å²) in [7, 11) is 3.14. The van der Waals surface area contributed by atoms with Crippen LogP contribution in [0.2, 0.25) is 0 Å². The molecule has 3 rings (SSSR count). The fourth-order valence-electron chi connectivity index (χ4n) is 2.69. The van der Waals surface area contributed by atoms with Gasteiger partial charge in [0.2, 0.25) is 0 Å². The number of carbonyl (C=O) groups is 2. The molecular formula is C21H21NO5S. The number of hydrogen-bond donors (Lipinski definition) is 1. The molecule has 0 amide bonds. The highest BCUT2D eigenvalue weighted by molar-refractivity contribution is 7.20. The van der Waals surface area contributed by atoms with E-state index in [1.165, 1.54) is 11.3 Å². The minimum absolute atomic E-state index is 0.0154. The van der Waals surface area contributed by atoms with Crippen LogP contribution in [0.3, 0.4) is 0 Å². The molecule has 0 saturated carbocycles. The highest BCUT2D eigenvalue weighted by Crippen LogP contribution is 2.36. The van der Waals surface area contributed by atoms with Gasteiger partial charge in [0, 0.05) is 17.2 Å². The van der Waals surface area contributed by atoms with Gasteiger partial charge in [0.1, 0.15) is 0 Å². The monoisotopic (exact) mass is 399 g/mol. The average Bonchev–Trinajstić information content (AvgIpc) is 3.14. The Morgan fingerprint density at radius 1 is 0.964 bits per heavy atom. The van der Waals surface area contributed by atoms with Gasteiger partial charge in [-0.1, -0.05) is 30.3 Å². The van der Waals surface area contributed by atoms with Crippen LogP contribution in [0, 0.1) is 0 Å². The van der Waals surface area contributed by atoms with Gasteiger partial charge >= 0.3 is 5.97 Å². The normalized spacial score (nSPS) is 10.6. The zero-order valence-corrected chi connectivity index (χ0v) is 16.5. The number of thiophene rings is 1. The van der Waals surface area contributed by atoms with E-state index in [-0.39, 0.29) is 18.6 Å². The maximum Gasteiger partial charge on any atom is 0.325 e. The summed E-state index contributed by atoms with van der Waals surface area (Å²) in [5.74, 6) is 0.664. The summed E-state index contributed by atoms with van der Waals surface area (Å²) in [6.45, 7) is 0.417. The first-order valence-corrected chi connectivity index (χ1v) is 9.57. The summed E-state index contributed by atoms with van der Waals surface area (Å²) < 4.78 is 11.5. The lowest BCUT2D eigenvalue weighted by Gasteiger charge is -2.06. The molecule has 1 N–H and O–H groups in total. The fraction of sp³-hybridized carbons (Fsp3) is 0.238. The highest BCUT2D eigenvalue weighted by Gasteiger charge is 2.15. The molecule has 3 aromatic rings. The van der Waals surface area contributed by atoms with E-state index in [9.17, 15) is 9.59 Å². The molecule has 0 aliphatic carbocycles. The quantitative estimate of drug-likeness (QED) is 0.431. The fourth-order valence-corrected chi connectivity index (χ4v) is 3.73. The van der Waals surface area contributed by atoms with E-state index >= 15 is 0 Å². The lowest BCUT2D eigenvalue weighted by atomic mass is 10.1. The van der Waals surface area contributed by atoms with E-state index in [0.29, 0.717) is 22.9 Å². The van der Waals surface area contributed by atoms with Crippen LogP contribution in [0.25, 0.3) is 10.1 Å². The molecule has 0 spiro atoms. The summed E-state index contributed by atoms with van der Waals surface area (Å²) in [5, 5.41) is 0.901. The molecule has 0 bridgehead atoms. The zero-order chi connectivity index (χ0) is 19.9. The number of carbonyl (C=O) groups excluding carboxylic acids is 2.